The van der Waals surface area contributed by atoms with Crippen molar-refractivity contribution in [3.05, 3.63) is 70.7 Å². The fourth-order valence-electron chi connectivity index (χ4n) is 9.55. The van der Waals surface area contributed by atoms with E-state index < -0.39 is 23.2 Å². The number of aromatic amines is 2. The second-order valence-corrected chi connectivity index (χ2v) is 16.2. The van der Waals surface area contributed by atoms with Crippen LogP contribution in [0, 0.1) is 23.1 Å². The third-order valence-electron chi connectivity index (χ3n) is 13.0. The Morgan fingerprint density at radius 2 is 1.83 bits per heavy atom. The molecule has 53 heavy (non-hydrogen) atoms. The monoisotopic (exact) mass is 727 g/mol. The molecule has 9 rings (SSSR count). The van der Waals surface area contributed by atoms with Gasteiger partial charge in [-0.3, -0.25) is 29.7 Å². The highest BCUT2D eigenvalue weighted by molar-refractivity contribution is 6.01. The van der Waals surface area contributed by atoms with Gasteiger partial charge in [0.2, 0.25) is 11.8 Å². The van der Waals surface area contributed by atoms with Crippen molar-refractivity contribution in [2.75, 3.05) is 44.2 Å². The Hall–Kier alpha value is -4.65. The number of nitrogens with one attached hydrogen (secondary N) is 3. The van der Waals surface area contributed by atoms with Crippen molar-refractivity contribution in [1.82, 2.24) is 30.3 Å². The summed E-state index contributed by atoms with van der Waals surface area (Å²) in [6, 6.07) is 12.8. The SMILES string of the molecule is C[C@H]1CN(C(=O)c2ccc3cc(-c4n[nH]c5c4C[C@@H]4C(F)(F)[C@]4(C)C5)[nH]c3c2)CCN1CC1CCN(c2ccc([C@H]3CCC(=O)NC3=O)cc2F)CC1. The Bertz CT molecular complexity index is 2140. The van der Waals surface area contributed by atoms with Crippen molar-refractivity contribution in [3.63, 3.8) is 0 Å². The molecule has 2 aromatic heterocycles. The predicted octanol–water partition coefficient (Wildman–Crippen LogP) is 5.65. The highest BCUT2D eigenvalue weighted by atomic mass is 19.3. The van der Waals surface area contributed by atoms with Crippen molar-refractivity contribution in [2.45, 2.75) is 70.3 Å². The molecule has 0 bridgehead atoms. The lowest BCUT2D eigenvalue weighted by Gasteiger charge is -2.43. The summed E-state index contributed by atoms with van der Waals surface area (Å²) >= 11 is 0. The van der Waals surface area contributed by atoms with Crippen LogP contribution in [0.2, 0.25) is 0 Å². The molecule has 2 aromatic carbocycles. The van der Waals surface area contributed by atoms with Gasteiger partial charge in [0, 0.05) is 97.2 Å². The summed E-state index contributed by atoms with van der Waals surface area (Å²) in [6.07, 6.45) is 3.12. The largest absolute Gasteiger partial charge is 0.369 e. The summed E-state index contributed by atoms with van der Waals surface area (Å²) in [7, 11) is 0. The quantitative estimate of drug-likeness (QED) is 0.221. The molecule has 3 N–H and O–H groups in total. The number of H-pyrrole nitrogens is 2. The molecule has 3 saturated heterocycles. The van der Waals surface area contributed by atoms with Gasteiger partial charge in [0.05, 0.1) is 17.3 Å². The molecule has 4 aromatic rings. The lowest BCUT2D eigenvalue weighted by molar-refractivity contribution is -0.134. The van der Waals surface area contributed by atoms with Crippen LogP contribution in [-0.2, 0) is 22.4 Å². The summed E-state index contributed by atoms with van der Waals surface area (Å²) in [4.78, 5) is 47.4. The number of benzene rings is 2. The van der Waals surface area contributed by atoms with Crippen molar-refractivity contribution in [2.24, 2.45) is 17.3 Å². The molecule has 4 atom stereocenters. The van der Waals surface area contributed by atoms with Gasteiger partial charge in [-0.15, -0.1) is 0 Å². The molecule has 5 aliphatic rings. The average molecular weight is 728 g/mol. The highest BCUT2D eigenvalue weighted by Crippen LogP contribution is 2.70. The second kappa shape index (κ2) is 12.5. The first kappa shape index (κ1) is 34.1. The van der Waals surface area contributed by atoms with Crippen LogP contribution >= 0.6 is 0 Å². The molecule has 0 unspecified atom stereocenters. The van der Waals surface area contributed by atoms with E-state index in [0.29, 0.717) is 60.8 Å². The van der Waals surface area contributed by atoms with Crippen molar-refractivity contribution in [1.29, 1.82) is 0 Å². The van der Waals surface area contributed by atoms with Crippen LogP contribution in [0.25, 0.3) is 22.3 Å². The van der Waals surface area contributed by atoms with Gasteiger partial charge in [-0.2, -0.15) is 5.10 Å². The number of nitrogens with zero attached hydrogens (tertiary/aromatic N) is 4. The molecule has 278 valence electrons. The zero-order valence-electron chi connectivity index (χ0n) is 30.0. The number of piperazine rings is 1. The fourth-order valence-corrected chi connectivity index (χ4v) is 9.55. The standard InChI is InChI=1S/C40H44F3N7O3/c1-22-20-50(14-13-49(22)21-23-9-11-48(12-10-23)33-7-5-24(15-29(33)41)27-6-8-35(51)45-37(27)52)38(53)26-4-3-25-16-31(44-30(25)17-26)36-28-18-34-39(2,40(34,42)43)19-32(28)46-47-36/h3-5,7,15-17,22-23,27,34,44H,6,8-14,18-21H2,1-2H3,(H,46,47)(H,45,51,52)/t22-,27+,34-,39+/m0/s1. The summed E-state index contributed by atoms with van der Waals surface area (Å²) in [5, 5.41) is 10.8. The van der Waals surface area contributed by atoms with Gasteiger partial charge in [-0.25, -0.2) is 13.2 Å². The van der Waals surface area contributed by atoms with Crippen LogP contribution in [-0.4, -0.2) is 93.9 Å². The first-order chi connectivity index (χ1) is 25.4. The zero-order chi connectivity index (χ0) is 36.8. The van der Waals surface area contributed by atoms with Gasteiger partial charge in [0.25, 0.3) is 11.8 Å². The lowest BCUT2D eigenvalue weighted by atomic mass is 9.87. The smallest absolute Gasteiger partial charge is 0.258 e. The molecule has 5 heterocycles. The number of carbonyl (C=O) groups excluding carboxylic acids is 3. The van der Waals surface area contributed by atoms with E-state index >= 15 is 4.39 Å². The topological polar surface area (TPSA) is 117 Å². The molecule has 0 spiro atoms. The van der Waals surface area contributed by atoms with Gasteiger partial charge in [-0.05, 0) is 74.4 Å². The number of piperidine rings is 2. The third kappa shape index (κ3) is 5.73. The van der Waals surface area contributed by atoms with Crippen LogP contribution < -0.4 is 10.2 Å². The Morgan fingerprint density at radius 1 is 1.02 bits per heavy atom. The average Bonchev–Trinajstić information content (AvgIpc) is 3.52. The maximum atomic E-state index is 15.3. The Balaban J connectivity index is 0.790. The van der Waals surface area contributed by atoms with E-state index in [-0.39, 0.29) is 36.0 Å². The number of carbonyl (C=O) groups is 3. The van der Waals surface area contributed by atoms with Crippen LogP contribution in [0.5, 0.6) is 0 Å². The lowest BCUT2D eigenvalue weighted by Crippen LogP contribution is -2.55. The maximum Gasteiger partial charge on any atom is 0.258 e. The van der Waals surface area contributed by atoms with Gasteiger partial charge in [0.1, 0.15) is 11.5 Å². The first-order valence-corrected chi connectivity index (χ1v) is 18.9. The maximum absolute atomic E-state index is 15.3. The van der Waals surface area contributed by atoms with Crippen molar-refractivity contribution < 1.29 is 27.6 Å². The number of halogens is 3. The van der Waals surface area contributed by atoms with Gasteiger partial charge >= 0.3 is 0 Å². The summed E-state index contributed by atoms with van der Waals surface area (Å²) in [6.45, 7) is 8.28. The van der Waals surface area contributed by atoms with Crippen LogP contribution in [0.3, 0.4) is 0 Å². The summed E-state index contributed by atoms with van der Waals surface area (Å²) < 4.78 is 44.3. The van der Waals surface area contributed by atoms with Gasteiger partial charge in [0.15, 0.2) is 0 Å². The zero-order valence-corrected chi connectivity index (χ0v) is 30.0. The molecule has 13 heteroatoms. The Kier molecular flexibility index (Phi) is 8.03. The molecule has 3 aliphatic heterocycles. The summed E-state index contributed by atoms with van der Waals surface area (Å²) in [5.74, 6) is -4.34. The van der Waals surface area contributed by atoms with Crippen LogP contribution in [0.15, 0.2) is 42.5 Å². The number of imide groups is 1. The van der Waals surface area contributed by atoms with E-state index in [9.17, 15) is 23.2 Å². The van der Waals surface area contributed by atoms with Gasteiger partial charge in [-0.1, -0.05) is 19.1 Å². The molecule has 1 saturated carbocycles. The first-order valence-electron chi connectivity index (χ1n) is 18.9. The van der Waals surface area contributed by atoms with E-state index in [1.54, 1.807) is 13.0 Å². The predicted molar refractivity (Wildman–Crippen MR) is 193 cm³/mol. The third-order valence-corrected chi connectivity index (χ3v) is 13.0. The Morgan fingerprint density at radius 3 is 2.58 bits per heavy atom. The summed E-state index contributed by atoms with van der Waals surface area (Å²) in [5.41, 5.74) is 4.66. The molecular weight excluding hydrogens is 683 g/mol. The number of aromatic nitrogens is 3. The Labute approximate surface area is 305 Å². The molecular formula is C40H44F3N7O3. The van der Waals surface area contributed by atoms with Crippen LogP contribution in [0.4, 0.5) is 18.9 Å². The van der Waals surface area contributed by atoms with Gasteiger partial charge < -0.3 is 14.8 Å². The molecule has 3 amide bonds. The van der Waals surface area contributed by atoms with E-state index in [1.165, 1.54) is 6.07 Å². The van der Waals surface area contributed by atoms with Crippen LogP contribution in [0.1, 0.15) is 72.6 Å². The molecule has 2 aliphatic carbocycles. The normalized spacial score (nSPS) is 27.5. The highest BCUT2D eigenvalue weighted by Gasteiger charge is 2.78. The fraction of sp³-hybridized carbons (Fsp3) is 0.500. The van der Waals surface area contributed by atoms with E-state index in [4.69, 9.17) is 0 Å². The van der Waals surface area contributed by atoms with Crippen molar-refractivity contribution in [3.8, 4) is 11.4 Å². The number of amides is 3. The molecule has 0 radical (unpaired) electrons. The van der Waals surface area contributed by atoms with Crippen molar-refractivity contribution >= 4 is 34.3 Å². The number of alkyl halides is 2. The van der Waals surface area contributed by atoms with E-state index in [0.717, 1.165) is 66.9 Å². The van der Waals surface area contributed by atoms with E-state index in [1.807, 2.05) is 35.2 Å². The number of rotatable bonds is 6. The number of fused-ring (bicyclic) bond motifs is 3. The minimum atomic E-state index is -2.65. The number of hydrogen-bond acceptors (Lipinski definition) is 6. The minimum absolute atomic E-state index is 0.0130. The number of hydrogen-bond donors (Lipinski definition) is 3. The number of anilines is 1. The van der Waals surface area contributed by atoms with E-state index in [2.05, 4.69) is 37.2 Å². The second-order valence-electron chi connectivity index (χ2n) is 16.2. The molecule has 4 fully saturated rings. The molecule has 10 nitrogen and oxygen atoms in total. The minimum Gasteiger partial charge on any atom is -0.369 e.